The van der Waals surface area contributed by atoms with Crippen molar-refractivity contribution < 1.29 is 79.3 Å². The topological polar surface area (TPSA) is 270 Å². The molecule has 16 heteroatoms. The van der Waals surface area contributed by atoms with Crippen LogP contribution in [0.4, 0.5) is 0 Å². The zero-order valence-corrected chi connectivity index (χ0v) is 26.3. The molecule has 266 valence electrons. The molecule has 0 bridgehead atoms. The van der Waals surface area contributed by atoms with Crippen LogP contribution in [0.5, 0.6) is 69.0 Å². The number of phenols is 9. The molecule has 0 aliphatic carbocycles. The molecule has 0 saturated heterocycles. The summed E-state index contributed by atoms with van der Waals surface area (Å²) in [6.07, 6.45) is -3.05. The molecule has 1 aliphatic heterocycles. The van der Waals surface area contributed by atoms with E-state index in [0.29, 0.717) is 0 Å². The first-order valence-corrected chi connectivity index (χ1v) is 15.0. The van der Waals surface area contributed by atoms with E-state index in [-0.39, 0.29) is 51.5 Å². The molecule has 52 heavy (non-hydrogen) atoms. The maximum Gasteiger partial charge on any atom is 0.343 e. The number of carbonyl (C=O) groups excluding carboxylic acids is 3. The summed E-state index contributed by atoms with van der Waals surface area (Å²) in [5, 5.41) is 89.3. The quantitative estimate of drug-likeness (QED) is 0.0643. The van der Waals surface area contributed by atoms with E-state index in [1.54, 1.807) is 0 Å². The largest absolute Gasteiger partial charge is 0.504 e. The van der Waals surface area contributed by atoms with Gasteiger partial charge in [0.2, 0.25) is 0 Å². The predicted molar refractivity (Wildman–Crippen MR) is 173 cm³/mol. The summed E-state index contributed by atoms with van der Waals surface area (Å²) in [4.78, 5) is 39.6. The van der Waals surface area contributed by atoms with Gasteiger partial charge >= 0.3 is 17.9 Å². The molecule has 1 aliphatic rings. The first-order chi connectivity index (χ1) is 24.7. The van der Waals surface area contributed by atoms with Gasteiger partial charge in [-0.2, -0.15) is 0 Å². The highest BCUT2D eigenvalue weighted by Gasteiger charge is 2.38. The summed E-state index contributed by atoms with van der Waals surface area (Å²) >= 11 is 0. The third-order valence-corrected chi connectivity index (χ3v) is 7.86. The van der Waals surface area contributed by atoms with E-state index in [1.165, 1.54) is 6.07 Å². The van der Waals surface area contributed by atoms with Gasteiger partial charge in [-0.15, -0.1) is 0 Å². The van der Waals surface area contributed by atoms with E-state index in [9.17, 15) is 60.3 Å². The number of rotatable bonds is 7. The highest BCUT2D eigenvalue weighted by Crippen LogP contribution is 2.47. The Morgan fingerprint density at radius 1 is 0.538 bits per heavy atom. The number of fused-ring (bicyclic) bond motifs is 1. The minimum atomic E-state index is -1.38. The molecule has 1 unspecified atom stereocenters. The van der Waals surface area contributed by atoms with Gasteiger partial charge in [0.1, 0.15) is 23.4 Å². The fourth-order valence-corrected chi connectivity index (χ4v) is 5.23. The van der Waals surface area contributed by atoms with Crippen LogP contribution in [0.25, 0.3) is 0 Å². The average molecular weight is 715 g/mol. The Balaban J connectivity index is 1.44. The van der Waals surface area contributed by atoms with E-state index >= 15 is 0 Å². The van der Waals surface area contributed by atoms with Crippen LogP contribution in [0.15, 0.2) is 78.9 Å². The zero-order chi connectivity index (χ0) is 37.4. The lowest BCUT2D eigenvalue weighted by Crippen LogP contribution is -2.35. The summed E-state index contributed by atoms with van der Waals surface area (Å²) in [6, 6.07) is 13.8. The van der Waals surface area contributed by atoms with Crippen LogP contribution in [0.1, 0.15) is 48.3 Å². The number of hydrogen-bond acceptors (Lipinski definition) is 16. The van der Waals surface area contributed by atoms with Gasteiger partial charge in [0.25, 0.3) is 0 Å². The molecule has 5 aromatic rings. The van der Waals surface area contributed by atoms with Crippen molar-refractivity contribution in [2.45, 2.75) is 18.6 Å². The van der Waals surface area contributed by atoms with Crippen molar-refractivity contribution in [3.05, 3.63) is 107 Å². The number of esters is 3. The molecule has 2 atom stereocenters. The molecule has 0 amide bonds. The summed E-state index contributed by atoms with van der Waals surface area (Å²) in [6.45, 7) is 0. The van der Waals surface area contributed by atoms with E-state index in [0.717, 1.165) is 72.8 Å². The van der Waals surface area contributed by atoms with Crippen molar-refractivity contribution in [3.63, 3.8) is 0 Å². The van der Waals surface area contributed by atoms with Crippen LogP contribution in [0, 0.1) is 0 Å². The monoisotopic (exact) mass is 714 g/mol. The van der Waals surface area contributed by atoms with Crippen LogP contribution >= 0.6 is 0 Å². The minimum Gasteiger partial charge on any atom is -0.504 e. The fraction of sp³-hybridized carbons (Fsp3) is 0.0833. The van der Waals surface area contributed by atoms with E-state index < -0.39 is 81.9 Å². The third kappa shape index (κ3) is 6.84. The predicted octanol–water partition coefficient (Wildman–Crippen LogP) is 4.38. The Morgan fingerprint density at radius 2 is 1.02 bits per heavy atom. The Kier molecular flexibility index (Phi) is 8.88. The highest BCUT2D eigenvalue weighted by atomic mass is 16.6. The number of ether oxygens (including phenoxy) is 4. The second-order valence-corrected chi connectivity index (χ2v) is 11.4. The SMILES string of the molecule is O=C(Oc1cc(OC(=O)c2ccc(O)c(O)c2)c2c(c1)O[C@H](c1cc(O)c(O)c(O)c1)C(OC(=O)c1ccc(O)c(O)c1)C2)c1ccc(O)c(O)c1. The fourth-order valence-electron chi connectivity index (χ4n) is 5.23. The van der Waals surface area contributed by atoms with Crippen molar-refractivity contribution in [1.82, 2.24) is 0 Å². The Bertz CT molecular complexity index is 2240. The third-order valence-electron chi connectivity index (χ3n) is 7.86. The zero-order valence-electron chi connectivity index (χ0n) is 26.3. The summed E-state index contributed by atoms with van der Waals surface area (Å²) in [5.74, 6) is -9.57. The molecule has 0 fully saturated rings. The molecule has 0 radical (unpaired) electrons. The first kappa shape index (κ1) is 34.4. The van der Waals surface area contributed by atoms with Crippen LogP contribution in [0.2, 0.25) is 0 Å². The van der Waals surface area contributed by atoms with Crippen LogP contribution in [-0.4, -0.2) is 70.0 Å². The second-order valence-electron chi connectivity index (χ2n) is 11.4. The smallest absolute Gasteiger partial charge is 0.343 e. The van der Waals surface area contributed by atoms with Crippen LogP contribution in [0.3, 0.4) is 0 Å². The molecule has 16 nitrogen and oxygen atoms in total. The maximum atomic E-state index is 13.3. The summed E-state index contributed by atoms with van der Waals surface area (Å²) < 4.78 is 23.0. The van der Waals surface area contributed by atoms with Crippen LogP contribution in [-0.2, 0) is 11.2 Å². The van der Waals surface area contributed by atoms with Gasteiger partial charge in [-0.25, -0.2) is 14.4 Å². The molecule has 9 N–H and O–H groups in total. The normalized spacial score (nSPS) is 14.8. The number of benzene rings is 5. The van der Waals surface area contributed by atoms with E-state index in [2.05, 4.69) is 0 Å². The van der Waals surface area contributed by atoms with Crippen molar-refractivity contribution in [1.29, 1.82) is 0 Å². The first-order valence-electron chi connectivity index (χ1n) is 15.0. The van der Waals surface area contributed by atoms with Gasteiger partial charge < -0.3 is 64.9 Å². The lowest BCUT2D eigenvalue weighted by molar-refractivity contribution is -0.0190. The number of aromatic hydroxyl groups is 9. The number of carbonyl (C=O) groups is 3. The molecule has 0 spiro atoms. The van der Waals surface area contributed by atoms with Crippen molar-refractivity contribution in [2.75, 3.05) is 0 Å². The average Bonchev–Trinajstić information content (AvgIpc) is 3.10. The molecule has 1 heterocycles. The number of hydrogen-bond donors (Lipinski definition) is 9. The molecule has 6 rings (SSSR count). The molecular formula is C36H26O16. The van der Waals surface area contributed by atoms with Gasteiger partial charge in [-0.3, -0.25) is 0 Å². The lowest BCUT2D eigenvalue weighted by atomic mass is 9.93. The lowest BCUT2D eigenvalue weighted by Gasteiger charge is -2.34. The van der Waals surface area contributed by atoms with Gasteiger partial charge in [-0.1, -0.05) is 0 Å². The van der Waals surface area contributed by atoms with Gasteiger partial charge in [0, 0.05) is 29.7 Å². The van der Waals surface area contributed by atoms with Crippen molar-refractivity contribution in [2.24, 2.45) is 0 Å². The summed E-state index contributed by atoms with van der Waals surface area (Å²) in [5.41, 5.74) is -0.561. The molecule has 5 aromatic carbocycles. The van der Waals surface area contributed by atoms with Gasteiger partial charge in [0.15, 0.2) is 57.8 Å². The maximum absolute atomic E-state index is 13.3. The standard InChI is InChI=1S/C36H26O16/c37-21-4-1-15(7-24(21)40)34(46)49-19-12-29-20(30(13-19)51-35(47)16-2-5-22(38)25(41)8-16)14-31(52-36(48)17-3-6-23(39)26(42)9-17)33(50-29)18-10-27(43)32(45)28(44)11-18/h1-13,31,33,37-45H,14H2/t31?,33-/m1/s1. The summed E-state index contributed by atoms with van der Waals surface area (Å²) in [7, 11) is 0. The molecule has 0 saturated carbocycles. The molecular weight excluding hydrogens is 688 g/mol. The van der Waals surface area contributed by atoms with Gasteiger partial charge in [-0.05, 0) is 66.7 Å². The Labute approximate surface area is 291 Å². The highest BCUT2D eigenvalue weighted by molar-refractivity contribution is 5.93. The van der Waals surface area contributed by atoms with Gasteiger partial charge in [0.05, 0.1) is 16.7 Å². The molecule has 0 aromatic heterocycles. The number of phenolic OH excluding ortho intramolecular Hbond substituents is 9. The van der Waals surface area contributed by atoms with E-state index in [4.69, 9.17) is 18.9 Å². The minimum absolute atomic E-state index is 0.0233. The Morgan fingerprint density at radius 3 is 1.52 bits per heavy atom. The van der Waals surface area contributed by atoms with Crippen LogP contribution < -0.4 is 14.2 Å². The van der Waals surface area contributed by atoms with Crippen molar-refractivity contribution in [3.8, 4) is 69.0 Å². The van der Waals surface area contributed by atoms with Crippen molar-refractivity contribution >= 4 is 17.9 Å². The second kappa shape index (κ2) is 13.4. The van der Waals surface area contributed by atoms with E-state index in [1.807, 2.05) is 0 Å². The Hall–Kier alpha value is -7.49.